The van der Waals surface area contributed by atoms with Gasteiger partial charge in [-0.1, -0.05) is 35.9 Å². The Kier molecular flexibility index (Phi) is 2.79. The van der Waals surface area contributed by atoms with Gasteiger partial charge >= 0.3 is 0 Å². The molecule has 0 aliphatic heterocycles. The predicted octanol–water partition coefficient (Wildman–Crippen LogP) is 2.61. The summed E-state index contributed by atoms with van der Waals surface area (Å²) >= 11 is 5.94. The lowest BCUT2D eigenvalue weighted by Gasteiger charge is -2.05. The number of carbonyl (C=O) groups is 1. The van der Waals surface area contributed by atoms with Gasteiger partial charge in [-0.3, -0.25) is 9.48 Å². The van der Waals surface area contributed by atoms with E-state index in [-0.39, 0.29) is 5.78 Å². The van der Waals surface area contributed by atoms with E-state index in [1.54, 1.807) is 13.1 Å². The van der Waals surface area contributed by atoms with E-state index in [0.29, 0.717) is 16.3 Å². The number of aromatic nitrogens is 2. The van der Waals surface area contributed by atoms with Gasteiger partial charge < -0.3 is 0 Å². The second-order valence-corrected chi connectivity index (χ2v) is 4.02. The molecule has 0 radical (unpaired) electrons. The minimum absolute atomic E-state index is 0.0944. The molecule has 0 atom stereocenters. The summed E-state index contributed by atoms with van der Waals surface area (Å²) in [6, 6.07) is 7.43. The molecule has 1 heterocycles. The first-order valence-electron chi connectivity index (χ1n) is 4.89. The molecule has 0 saturated carbocycles. The van der Waals surface area contributed by atoms with Crippen molar-refractivity contribution in [2.45, 2.75) is 6.92 Å². The molecule has 3 nitrogen and oxygen atoms in total. The average Bonchev–Trinajstić information content (AvgIpc) is 2.58. The maximum absolute atomic E-state index is 12.2. The van der Waals surface area contributed by atoms with E-state index in [1.165, 1.54) is 10.9 Å². The van der Waals surface area contributed by atoms with Crippen molar-refractivity contribution in [1.82, 2.24) is 9.78 Å². The Morgan fingerprint density at radius 1 is 1.38 bits per heavy atom. The number of nitrogens with zero attached hydrogens (tertiary/aromatic N) is 2. The Morgan fingerprint density at radius 3 is 2.62 bits per heavy atom. The summed E-state index contributed by atoms with van der Waals surface area (Å²) in [6.07, 6.45) is 1.48. The summed E-state index contributed by atoms with van der Waals surface area (Å²) < 4.78 is 1.50. The fourth-order valence-corrected chi connectivity index (χ4v) is 1.87. The molecule has 0 N–H and O–H groups in total. The van der Waals surface area contributed by atoms with Gasteiger partial charge in [0.05, 0.1) is 11.2 Å². The summed E-state index contributed by atoms with van der Waals surface area (Å²) in [5.41, 5.74) is 2.02. The first-order valence-corrected chi connectivity index (χ1v) is 5.27. The summed E-state index contributed by atoms with van der Waals surface area (Å²) in [5.74, 6) is -0.0944. The normalized spacial score (nSPS) is 10.4. The largest absolute Gasteiger partial charge is 0.287 e. The number of hydrogen-bond acceptors (Lipinski definition) is 2. The van der Waals surface area contributed by atoms with Crippen molar-refractivity contribution in [3.63, 3.8) is 0 Å². The molecule has 0 bridgehead atoms. The molecule has 4 heteroatoms. The molecule has 0 saturated heterocycles. The van der Waals surface area contributed by atoms with E-state index in [1.807, 2.05) is 25.1 Å². The van der Waals surface area contributed by atoms with E-state index < -0.39 is 0 Å². The van der Waals surface area contributed by atoms with Crippen LogP contribution < -0.4 is 0 Å². The Balaban J connectivity index is 2.52. The monoisotopic (exact) mass is 234 g/mol. The van der Waals surface area contributed by atoms with Gasteiger partial charge in [0.1, 0.15) is 5.69 Å². The Bertz CT molecular complexity index is 526. The van der Waals surface area contributed by atoms with Gasteiger partial charge in [0.25, 0.3) is 0 Å². The highest BCUT2D eigenvalue weighted by Crippen LogP contribution is 2.20. The molecule has 1 aromatic carbocycles. The van der Waals surface area contributed by atoms with Gasteiger partial charge in [0, 0.05) is 12.6 Å². The number of ketones is 1. The van der Waals surface area contributed by atoms with E-state index in [9.17, 15) is 4.79 Å². The summed E-state index contributed by atoms with van der Waals surface area (Å²) in [6.45, 7) is 1.90. The molecule has 2 aromatic rings. The second kappa shape index (κ2) is 4.10. The molecule has 0 amide bonds. The number of benzene rings is 1. The van der Waals surface area contributed by atoms with Gasteiger partial charge in [0.15, 0.2) is 0 Å². The van der Waals surface area contributed by atoms with Crippen molar-refractivity contribution in [1.29, 1.82) is 0 Å². The number of aryl methyl sites for hydroxylation is 2. The lowest BCUT2D eigenvalue weighted by molar-refractivity contribution is 0.103. The fourth-order valence-electron chi connectivity index (χ4n) is 1.62. The van der Waals surface area contributed by atoms with Crippen LogP contribution in [0, 0.1) is 6.92 Å². The van der Waals surface area contributed by atoms with Crippen LogP contribution in [0.1, 0.15) is 21.6 Å². The minimum atomic E-state index is -0.0944. The average molecular weight is 235 g/mol. The lowest BCUT2D eigenvalue weighted by Crippen LogP contribution is -2.10. The van der Waals surface area contributed by atoms with Crippen LogP contribution in [0.4, 0.5) is 0 Å². The van der Waals surface area contributed by atoms with Gasteiger partial charge in [-0.15, -0.1) is 0 Å². The van der Waals surface area contributed by atoms with E-state index in [4.69, 9.17) is 11.6 Å². The molecule has 2 rings (SSSR count). The van der Waals surface area contributed by atoms with Crippen molar-refractivity contribution in [3.8, 4) is 0 Å². The summed E-state index contributed by atoms with van der Waals surface area (Å²) in [4.78, 5) is 12.2. The Morgan fingerprint density at radius 2 is 2.06 bits per heavy atom. The molecule has 0 fully saturated rings. The topological polar surface area (TPSA) is 34.9 Å². The number of halogens is 1. The first-order chi connectivity index (χ1) is 7.61. The van der Waals surface area contributed by atoms with Crippen LogP contribution in [0.25, 0.3) is 0 Å². The Labute approximate surface area is 98.7 Å². The third kappa shape index (κ3) is 1.74. The molecule has 0 aliphatic carbocycles. The quantitative estimate of drug-likeness (QED) is 0.749. The number of carbonyl (C=O) groups excluding carboxylic acids is 1. The molecular weight excluding hydrogens is 224 g/mol. The maximum atomic E-state index is 12.2. The fraction of sp³-hybridized carbons (Fsp3) is 0.167. The molecule has 0 unspecified atom stereocenters. The van der Waals surface area contributed by atoms with Crippen LogP contribution in [0.15, 0.2) is 30.5 Å². The van der Waals surface area contributed by atoms with Crippen LogP contribution >= 0.6 is 11.6 Å². The van der Waals surface area contributed by atoms with Crippen molar-refractivity contribution in [2.75, 3.05) is 0 Å². The standard InChI is InChI=1S/C12H11ClN2O/c1-8-5-3-4-6-9(8)12(16)11-10(13)7-14-15(11)2/h3-7H,1-2H3. The molecule has 16 heavy (non-hydrogen) atoms. The van der Waals surface area contributed by atoms with Crippen molar-refractivity contribution in [2.24, 2.45) is 7.05 Å². The van der Waals surface area contributed by atoms with Crippen molar-refractivity contribution >= 4 is 17.4 Å². The van der Waals surface area contributed by atoms with E-state index >= 15 is 0 Å². The highest BCUT2D eigenvalue weighted by molar-refractivity contribution is 6.34. The molecule has 0 aliphatic rings. The van der Waals surface area contributed by atoms with E-state index in [2.05, 4.69) is 5.10 Å². The highest BCUT2D eigenvalue weighted by Gasteiger charge is 2.18. The van der Waals surface area contributed by atoms with Gasteiger partial charge in [-0.05, 0) is 12.5 Å². The lowest BCUT2D eigenvalue weighted by atomic mass is 10.0. The third-order valence-electron chi connectivity index (χ3n) is 2.50. The zero-order valence-electron chi connectivity index (χ0n) is 9.07. The molecular formula is C12H11ClN2O. The van der Waals surface area contributed by atoms with Crippen molar-refractivity contribution < 1.29 is 4.79 Å². The van der Waals surface area contributed by atoms with Gasteiger partial charge in [0.2, 0.25) is 5.78 Å². The van der Waals surface area contributed by atoms with Crippen LogP contribution in [-0.4, -0.2) is 15.6 Å². The van der Waals surface area contributed by atoms with Crippen molar-refractivity contribution in [3.05, 3.63) is 52.3 Å². The van der Waals surface area contributed by atoms with Gasteiger partial charge in [-0.2, -0.15) is 5.10 Å². The predicted molar refractivity (Wildman–Crippen MR) is 62.8 cm³/mol. The zero-order valence-corrected chi connectivity index (χ0v) is 9.82. The smallest absolute Gasteiger partial charge is 0.212 e. The van der Waals surface area contributed by atoms with Crippen LogP contribution in [0.2, 0.25) is 5.02 Å². The van der Waals surface area contributed by atoms with Crippen LogP contribution in [0.3, 0.4) is 0 Å². The number of hydrogen-bond donors (Lipinski definition) is 0. The zero-order chi connectivity index (χ0) is 11.7. The van der Waals surface area contributed by atoms with Crippen LogP contribution in [-0.2, 0) is 7.05 Å². The molecule has 0 spiro atoms. The summed E-state index contributed by atoms with van der Waals surface area (Å²) in [7, 11) is 1.71. The summed E-state index contributed by atoms with van der Waals surface area (Å²) in [5, 5.41) is 4.34. The highest BCUT2D eigenvalue weighted by atomic mass is 35.5. The second-order valence-electron chi connectivity index (χ2n) is 3.61. The SMILES string of the molecule is Cc1ccccc1C(=O)c1c(Cl)cnn1C. The molecule has 1 aromatic heterocycles. The maximum Gasteiger partial charge on any atom is 0.212 e. The number of rotatable bonds is 2. The van der Waals surface area contributed by atoms with E-state index in [0.717, 1.165) is 5.56 Å². The molecule has 82 valence electrons. The minimum Gasteiger partial charge on any atom is -0.287 e. The van der Waals surface area contributed by atoms with Crippen LogP contribution in [0.5, 0.6) is 0 Å². The Hall–Kier alpha value is -1.61. The third-order valence-corrected chi connectivity index (χ3v) is 2.78. The first kappa shape index (κ1) is 10.9. The van der Waals surface area contributed by atoms with Gasteiger partial charge in [-0.25, -0.2) is 0 Å².